The second-order valence-electron chi connectivity index (χ2n) is 4.64. The van der Waals surface area contributed by atoms with Crippen LogP contribution in [-0.4, -0.2) is 23.7 Å². The molecular formula is C15H11ClN2O5. The number of hydrazine groups is 1. The van der Waals surface area contributed by atoms with Crippen molar-refractivity contribution < 1.29 is 24.2 Å². The molecule has 8 heteroatoms. The number of phenols is 1. The van der Waals surface area contributed by atoms with E-state index in [2.05, 4.69) is 10.9 Å². The molecule has 0 atom stereocenters. The number of hydrogen-bond acceptors (Lipinski definition) is 5. The largest absolute Gasteiger partial charge is 0.506 e. The van der Waals surface area contributed by atoms with Crippen LogP contribution >= 0.6 is 11.6 Å². The maximum absolute atomic E-state index is 12.0. The van der Waals surface area contributed by atoms with E-state index in [1.54, 1.807) is 12.1 Å². The number of ether oxygens (including phenoxy) is 2. The summed E-state index contributed by atoms with van der Waals surface area (Å²) in [5, 5.41) is 9.36. The minimum absolute atomic E-state index is 0.0414. The first-order valence-electron chi connectivity index (χ1n) is 6.53. The third-order valence-electron chi connectivity index (χ3n) is 3.13. The summed E-state index contributed by atoms with van der Waals surface area (Å²) in [4.78, 5) is 23.9. The van der Waals surface area contributed by atoms with Gasteiger partial charge in [-0.3, -0.25) is 20.4 Å². The summed E-state index contributed by atoms with van der Waals surface area (Å²) in [6, 6.07) is 8.63. The lowest BCUT2D eigenvalue weighted by molar-refractivity contribution is 0.0846. The van der Waals surface area contributed by atoms with Gasteiger partial charge in [-0.25, -0.2) is 0 Å². The van der Waals surface area contributed by atoms with Crippen molar-refractivity contribution in [3.8, 4) is 17.2 Å². The van der Waals surface area contributed by atoms with Crippen LogP contribution in [0.25, 0.3) is 0 Å². The Morgan fingerprint density at radius 1 is 0.957 bits per heavy atom. The van der Waals surface area contributed by atoms with Crippen LogP contribution in [0, 0.1) is 0 Å². The lowest BCUT2D eigenvalue weighted by Gasteiger charge is -2.08. The summed E-state index contributed by atoms with van der Waals surface area (Å²) in [5.74, 6) is -0.186. The average molecular weight is 335 g/mol. The Bertz CT molecular complexity index is 793. The Labute approximate surface area is 135 Å². The van der Waals surface area contributed by atoms with Gasteiger partial charge in [0.25, 0.3) is 11.8 Å². The quantitative estimate of drug-likeness (QED) is 0.728. The van der Waals surface area contributed by atoms with E-state index in [-0.39, 0.29) is 23.1 Å². The van der Waals surface area contributed by atoms with Gasteiger partial charge in [-0.1, -0.05) is 11.6 Å². The molecule has 7 nitrogen and oxygen atoms in total. The maximum atomic E-state index is 12.0. The molecule has 0 aromatic heterocycles. The monoisotopic (exact) mass is 334 g/mol. The first kappa shape index (κ1) is 15.0. The van der Waals surface area contributed by atoms with Gasteiger partial charge >= 0.3 is 0 Å². The molecule has 0 unspecified atom stereocenters. The molecular weight excluding hydrogens is 324 g/mol. The predicted octanol–water partition coefficient (Wildman–Crippen LogP) is 1.85. The first-order chi connectivity index (χ1) is 11.0. The SMILES string of the molecule is O=C(NNC(=O)c1ccc2c(c1)OCO2)c1ccc(O)c(Cl)c1. The average Bonchev–Trinajstić information content (AvgIpc) is 3.02. The summed E-state index contributed by atoms with van der Waals surface area (Å²) >= 11 is 5.73. The van der Waals surface area contributed by atoms with Crippen molar-refractivity contribution in [3.63, 3.8) is 0 Å². The number of rotatable bonds is 2. The molecule has 1 aliphatic heterocycles. The molecule has 1 heterocycles. The van der Waals surface area contributed by atoms with Gasteiger partial charge in [-0.15, -0.1) is 0 Å². The second-order valence-corrected chi connectivity index (χ2v) is 5.05. The van der Waals surface area contributed by atoms with Crippen LogP contribution in [0.15, 0.2) is 36.4 Å². The number of carbonyl (C=O) groups excluding carboxylic acids is 2. The van der Waals surface area contributed by atoms with Crippen LogP contribution in [0.4, 0.5) is 0 Å². The number of hydrogen-bond donors (Lipinski definition) is 3. The Kier molecular flexibility index (Phi) is 3.94. The van der Waals surface area contributed by atoms with E-state index in [1.807, 2.05) is 0 Å². The highest BCUT2D eigenvalue weighted by molar-refractivity contribution is 6.32. The van der Waals surface area contributed by atoms with Gasteiger partial charge in [0.1, 0.15) is 5.75 Å². The molecule has 3 rings (SSSR count). The highest BCUT2D eigenvalue weighted by Crippen LogP contribution is 2.32. The van der Waals surface area contributed by atoms with Crippen molar-refractivity contribution in [3.05, 3.63) is 52.5 Å². The third-order valence-corrected chi connectivity index (χ3v) is 3.44. The van der Waals surface area contributed by atoms with Crippen LogP contribution in [0.3, 0.4) is 0 Å². The van der Waals surface area contributed by atoms with Crippen LogP contribution in [0.2, 0.25) is 5.02 Å². The van der Waals surface area contributed by atoms with E-state index in [0.29, 0.717) is 17.1 Å². The minimum Gasteiger partial charge on any atom is -0.506 e. The van der Waals surface area contributed by atoms with Crippen molar-refractivity contribution in [1.82, 2.24) is 10.9 Å². The molecule has 1 aliphatic rings. The van der Waals surface area contributed by atoms with E-state index in [1.165, 1.54) is 24.3 Å². The van der Waals surface area contributed by atoms with Crippen LogP contribution in [-0.2, 0) is 0 Å². The molecule has 0 saturated heterocycles. The highest BCUT2D eigenvalue weighted by atomic mass is 35.5. The third kappa shape index (κ3) is 3.14. The van der Waals surface area contributed by atoms with Crippen molar-refractivity contribution in [2.75, 3.05) is 6.79 Å². The number of phenolic OH excluding ortho intramolecular Hbond substituents is 1. The van der Waals surface area contributed by atoms with Crippen molar-refractivity contribution in [1.29, 1.82) is 0 Å². The molecule has 3 N–H and O–H groups in total. The topological polar surface area (TPSA) is 96.9 Å². The summed E-state index contributed by atoms with van der Waals surface area (Å²) in [5.41, 5.74) is 5.04. The molecule has 0 fully saturated rings. The van der Waals surface area contributed by atoms with Crippen molar-refractivity contribution in [2.45, 2.75) is 0 Å². The standard InChI is InChI=1S/C15H11ClN2O5/c16-10-5-8(1-3-11(10)19)14(20)17-18-15(21)9-2-4-12-13(6-9)23-7-22-12/h1-6,19H,7H2,(H,17,20)(H,18,21). The van der Waals surface area contributed by atoms with Gasteiger partial charge in [0.2, 0.25) is 6.79 Å². The smallest absolute Gasteiger partial charge is 0.269 e. The molecule has 2 aromatic rings. The van der Waals surface area contributed by atoms with E-state index in [9.17, 15) is 14.7 Å². The summed E-state index contributed by atoms with van der Waals surface area (Å²) < 4.78 is 10.3. The van der Waals surface area contributed by atoms with Crippen molar-refractivity contribution >= 4 is 23.4 Å². The summed E-state index contributed by atoms with van der Waals surface area (Å²) in [6.45, 7) is 0.110. The van der Waals surface area contributed by atoms with Gasteiger partial charge in [0.05, 0.1) is 5.02 Å². The minimum atomic E-state index is -0.569. The Morgan fingerprint density at radius 2 is 1.57 bits per heavy atom. The maximum Gasteiger partial charge on any atom is 0.269 e. The Hall–Kier alpha value is -2.93. The Balaban J connectivity index is 1.64. The van der Waals surface area contributed by atoms with E-state index in [0.717, 1.165) is 0 Å². The molecule has 0 spiro atoms. The van der Waals surface area contributed by atoms with Gasteiger partial charge in [0, 0.05) is 11.1 Å². The van der Waals surface area contributed by atoms with Gasteiger partial charge < -0.3 is 14.6 Å². The number of fused-ring (bicyclic) bond motifs is 1. The van der Waals surface area contributed by atoms with Crippen LogP contribution in [0.1, 0.15) is 20.7 Å². The molecule has 0 saturated carbocycles. The fourth-order valence-corrected chi connectivity index (χ4v) is 2.12. The molecule has 2 aromatic carbocycles. The predicted molar refractivity (Wildman–Crippen MR) is 80.6 cm³/mol. The normalized spacial score (nSPS) is 11.9. The highest BCUT2D eigenvalue weighted by Gasteiger charge is 2.17. The number of halogens is 1. The molecule has 0 aliphatic carbocycles. The van der Waals surface area contributed by atoms with Crippen molar-refractivity contribution in [2.24, 2.45) is 0 Å². The number of aromatic hydroxyl groups is 1. The summed E-state index contributed by atoms with van der Waals surface area (Å²) in [7, 11) is 0. The van der Waals surface area contributed by atoms with E-state index < -0.39 is 11.8 Å². The second kappa shape index (κ2) is 6.05. The van der Waals surface area contributed by atoms with Crippen LogP contribution < -0.4 is 20.3 Å². The first-order valence-corrected chi connectivity index (χ1v) is 6.91. The number of benzene rings is 2. The Morgan fingerprint density at radius 3 is 2.26 bits per heavy atom. The fourth-order valence-electron chi connectivity index (χ4n) is 1.94. The zero-order valence-electron chi connectivity index (χ0n) is 11.6. The van der Waals surface area contributed by atoms with Crippen LogP contribution in [0.5, 0.6) is 17.2 Å². The summed E-state index contributed by atoms with van der Waals surface area (Å²) in [6.07, 6.45) is 0. The van der Waals surface area contributed by atoms with Gasteiger partial charge in [-0.2, -0.15) is 0 Å². The van der Waals surface area contributed by atoms with E-state index in [4.69, 9.17) is 21.1 Å². The molecule has 0 radical (unpaired) electrons. The molecule has 23 heavy (non-hydrogen) atoms. The number of nitrogens with one attached hydrogen (secondary N) is 2. The zero-order valence-corrected chi connectivity index (χ0v) is 12.4. The zero-order chi connectivity index (χ0) is 16.4. The number of amides is 2. The molecule has 0 bridgehead atoms. The fraction of sp³-hybridized carbons (Fsp3) is 0.0667. The lowest BCUT2D eigenvalue weighted by atomic mass is 10.2. The van der Waals surface area contributed by atoms with E-state index >= 15 is 0 Å². The lowest BCUT2D eigenvalue weighted by Crippen LogP contribution is -2.41. The number of carbonyl (C=O) groups is 2. The van der Waals surface area contributed by atoms with Gasteiger partial charge in [-0.05, 0) is 36.4 Å². The molecule has 118 valence electrons. The van der Waals surface area contributed by atoms with Gasteiger partial charge in [0.15, 0.2) is 11.5 Å². The molecule has 2 amide bonds.